The summed E-state index contributed by atoms with van der Waals surface area (Å²) in [4.78, 5) is 17.5. The Morgan fingerprint density at radius 3 is 2.48 bits per heavy atom. The Balaban J connectivity index is 2.01. The molecule has 0 aliphatic carbocycles. The fraction of sp³-hybridized carbons (Fsp3) is 0.130. The molecule has 0 atom stereocenters. The standard InChI is InChI=1S/C23H19NO3/c1-3-27-23(25)20-14-21(16-8-11-17(26-2)12-9-16)24-22-18-7-5-4-6-15(18)10-13-19(20)22/h4-14H,3H2,1-2H3. The maximum absolute atomic E-state index is 12.6. The second kappa shape index (κ2) is 7.08. The van der Waals surface area contributed by atoms with Crippen LogP contribution < -0.4 is 4.74 Å². The largest absolute Gasteiger partial charge is 0.497 e. The molecule has 4 nitrogen and oxygen atoms in total. The van der Waals surface area contributed by atoms with Crippen molar-refractivity contribution in [2.24, 2.45) is 0 Å². The first kappa shape index (κ1) is 17.0. The molecule has 0 N–H and O–H groups in total. The van der Waals surface area contributed by atoms with E-state index in [1.54, 1.807) is 20.1 Å². The minimum absolute atomic E-state index is 0.327. The SMILES string of the molecule is CCOC(=O)c1cc(-c2ccc(OC)cc2)nc2c1ccc1ccccc12. The van der Waals surface area contributed by atoms with Crippen LogP contribution in [0.2, 0.25) is 0 Å². The van der Waals surface area contributed by atoms with Crippen molar-refractivity contribution in [2.75, 3.05) is 13.7 Å². The van der Waals surface area contributed by atoms with Gasteiger partial charge in [-0.05, 0) is 42.6 Å². The third-order valence-corrected chi connectivity index (χ3v) is 4.59. The number of ether oxygens (including phenoxy) is 2. The average molecular weight is 357 g/mol. The summed E-state index contributed by atoms with van der Waals surface area (Å²) < 4.78 is 10.5. The van der Waals surface area contributed by atoms with E-state index in [1.165, 1.54) is 0 Å². The highest BCUT2D eigenvalue weighted by Crippen LogP contribution is 2.31. The molecule has 0 aliphatic rings. The van der Waals surface area contributed by atoms with Crippen molar-refractivity contribution in [1.29, 1.82) is 0 Å². The molecule has 4 rings (SSSR count). The molecule has 0 spiro atoms. The predicted octanol–water partition coefficient (Wildman–Crippen LogP) is 5.24. The third-order valence-electron chi connectivity index (χ3n) is 4.59. The number of fused-ring (bicyclic) bond motifs is 3. The number of carbonyl (C=O) groups is 1. The number of carbonyl (C=O) groups excluding carboxylic acids is 1. The van der Waals surface area contributed by atoms with Crippen LogP contribution >= 0.6 is 0 Å². The van der Waals surface area contributed by atoms with Gasteiger partial charge in [-0.3, -0.25) is 0 Å². The molecule has 134 valence electrons. The molecule has 3 aromatic carbocycles. The minimum atomic E-state index is -0.338. The summed E-state index contributed by atoms with van der Waals surface area (Å²) in [6.45, 7) is 2.13. The Bertz CT molecular complexity index is 1130. The highest BCUT2D eigenvalue weighted by Gasteiger charge is 2.16. The van der Waals surface area contributed by atoms with Crippen LogP contribution in [0.25, 0.3) is 32.9 Å². The molecule has 4 heteroatoms. The summed E-state index contributed by atoms with van der Waals surface area (Å²) in [5.41, 5.74) is 2.96. The molecule has 4 aromatic rings. The first-order chi connectivity index (χ1) is 13.2. The van der Waals surface area contributed by atoms with Crippen molar-refractivity contribution >= 4 is 27.6 Å². The number of esters is 1. The van der Waals surface area contributed by atoms with E-state index in [0.717, 1.165) is 38.7 Å². The van der Waals surface area contributed by atoms with Crippen LogP contribution in [0.5, 0.6) is 5.75 Å². The lowest BCUT2D eigenvalue weighted by Gasteiger charge is -2.11. The van der Waals surface area contributed by atoms with E-state index >= 15 is 0 Å². The van der Waals surface area contributed by atoms with E-state index in [9.17, 15) is 4.79 Å². The summed E-state index contributed by atoms with van der Waals surface area (Å²) >= 11 is 0. The van der Waals surface area contributed by atoms with Gasteiger partial charge in [0.25, 0.3) is 0 Å². The number of rotatable bonds is 4. The summed E-state index contributed by atoms with van der Waals surface area (Å²) in [6.07, 6.45) is 0. The molecule has 0 fully saturated rings. The fourth-order valence-electron chi connectivity index (χ4n) is 3.25. The summed E-state index contributed by atoms with van der Waals surface area (Å²) in [5.74, 6) is 0.436. The van der Waals surface area contributed by atoms with Crippen molar-refractivity contribution < 1.29 is 14.3 Å². The zero-order valence-electron chi connectivity index (χ0n) is 15.2. The Morgan fingerprint density at radius 1 is 0.963 bits per heavy atom. The highest BCUT2D eigenvalue weighted by atomic mass is 16.5. The quantitative estimate of drug-likeness (QED) is 0.370. The van der Waals surface area contributed by atoms with Crippen LogP contribution in [0.15, 0.2) is 66.7 Å². The van der Waals surface area contributed by atoms with Crippen LogP contribution in [0.1, 0.15) is 17.3 Å². The molecule has 0 saturated heterocycles. The second-order valence-electron chi connectivity index (χ2n) is 6.19. The molecule has 0 saturated carbocycles. The number of hydrogen-bond acceptors (Lipinski definition) is 4. The first-order valence-electron chi connectivity index (χ1n) is 8.85. The lowest BCUT2D eigenvalue weighted by Crippen LogP contribution is -2.06. The van der Waals surface area contributed by atoms with Crippen LogP contribution in [0, 0.1) is 0 Å². The van der Waals surface area contributed by atoms with Crippen molar-refractivity contribution in [3.63, 3.8) is 0 Å². The molecule has 1 heterocycles. The highest BCUT2D eigenvalue weighted by molar-refractivity contribution is 6.13. The minimum Gasteiger partial charge on any atom is -0.497 e. The fourth-order valence-corrected chi connectivity index (χ4v) is 3.25. The first-order valence-corrected chi connectivity index (χ1v) is 8.85. The van der Waals surface area contributed by atoms with E-state index in [0.29, 0.717) is 12.2 Å². The number of aromatic nitrogens is 1. The summed E-state index contributed by atoms with van der Waals surface area (Å²) in [7, 11) is 1.63. The smallest absolute Gasteiger partial charge is 0.338 e. The summed E-state index contributed by atoms with van der Waals surface area (Å²) in [6, 6.07) is 21.4. The molecule has 1 aromatic heterocycles. The molecule has 0 amide bonds. The molecular formula is C23H19NO3. The van der Waals surface area contributed by atoms with Gasteiger partial charge in [0.05, 0.1) is 30.5 Å². The van der Waals surface area contributed by atoms with Gasteiger partial charge in [-0.1, -0.05) is 36.4 Å². The Morgan fingerprint density at radius 2 is 1.74 bits per heavy atom. The lowest BCUT2D eigenvalue weighted by molar-refractivity contribution is 0.0528. The molecule has 0 aliphatic heterocycles. The van der Waals surface area contributed by atoms with E-state index < -0.39 is 0 Å². The second-order valence-corrected chi connectivity index (χ2v) is 6.19. The monoisotopic (exact) mass is 357 g/mol. The number of pyridine rings is 1. The Kier molecular flexibility index (Phi) is 4.47. The van der Waals surface area contributed by atoms with Crippen LogP contribution in [0.3, 0.4) is 0 Å². The molecule has 0 radical (unpaired) electrons. The van der Waals surface area contributed by atoms with Gasteiger partial charge in [-0.25, -0.2) is 9.78 Å². The van der Waals surface area contributed by atoms with Crippen molar-refractivity contribution in [2.45, 2.75) is 6.92 Å². The maximum Gasteiger partial charge on any atom is 0.338 e. The zero-order chi connectivity index (χ0) is 18.8. The van der Waals surface area contributed by atoms with Crippen LogP contribution in [0.4, 0.5) is 0 Å². The van der Waals surface area contributed by atoms with Crippen molar-refractivity contribution in [1.82, 2.24) is 4.98 Å². The maximum atomic E-state index is 12.6. The number of benzene rings is 3. The number of hydrogen-bond donors (Lipinski definition) is 0. The lowest BCUT2D eigenvalue weighted by atomic mass is 10.00. The van der Waals surface area contributed by atoms with Crippen LogP contribution in [-0.4, -0.2) is 24.7 Å². The Labute approximate surface area is 157 Å². The van der Waals surface area contributed by atoms with Crippen molar-refractivity contribution in [3.05, 3.63) is 72.3 Å². The van der Waals surface area contributed by atoms with Gasteiger partial charge >= 0.3 is 5.97 Å². The molecule has 0 unspecified atom stereocenters. The van der Waals surface area contributed by atoms with E-state index in [4.69, 9.17) is 14.5 Å². The van der Waals surface area contributed by atoms with E-state index in [2.05, 4.69) is 0 Å². The van der Waals surface area contributed by atoms with Gasteiger partial charge < -0.3 is 9.47 Å². The predicted molar refractivity (Wildman–Crippen MR) is 107 cm³/mol. The van der Waals surface area contributed by atoms with Crippen LogP contribution in [-0.2, 0) is 4.74 Å². The average Bonchev–Trinajstić information content (AvgIpc) is 2.73. The van der Waals surface area contributed by atoms with E-state index in [-0.39, 0.29) is 5.97 Å². The summed E-state index contributed by atoms with van der Waals surface area (Å²) in [5, 5.41) is 2.89. The normalized spacial score (nSPS) is 10.9. The van der Waals surface area contributed by atoms with Gasteiger partial charge in [-0.2, -0.15) is 0 Å². The molecular weight excluding hydrogens is 338 g/mol. The zero-order valence-corrected chi connectivity index (χ0v) is 15.2. The van der Waals surface area contributed by atoms with Gasteiger partial charge in [0.1, 0.15) is 5.75 Å². The van der Waals surface area contributed by atoms with Gasteiger partial charge in [0.2, 0.25) is 0 Å². The molecule has 0 bridgehead atoms. The van der Waals surface area contributed by atoms with E-state index in [1.807, 2.05) is 60.7 Å². The number of nitrogens with zero attached hydrogens (tertiary/aromatic N) is 1. The van der Waals surface area contributed by atoms with Gasteiger partial charge in [-0.15, -0.1) is 0 Å². The topological polar surface area (TPSA) is 48.4 Å². The molecule has 27 heavy (non-hydrogen) atoms. The van der Waals surface area contributed by atoms with Gasteiger partial charge in [0.15, 0.2) is 0 Å². The third kappa shape index (κ3) is 3.10. The Hall–Kier alpha value is -3.40. The van der Waals surface area contributed by atoms with Crippen molar-refractivity contribution in [3.8, 4) is 17.0 Å². The number of methoxy groups -OCH3 is 1. The van der Waals surface area contributed by atoms with Gasteiger partial charge in [0, 0.05) is 16.3 Å².